The van der Waals surface area contributed by atoms with Crippen LogP contribution in [0.1, 0.15) is 6.42 Å². The van der Waals surface area contributed by atoms with Crippen molar-refractivity contribution >= 4 is 24.2 Å². The van der Waals surface area contributed by atoms with Gasteiger partial charge in [0.05, 0.1) is 0 Å². The number of hydrogen-bond donors (Lipinski definition) is 0. The SMILES string of the molecule is C1=CSC(N2CCC=N2)N=C1. The second-order valence-corrected chi connectivity index (χ2v) is 3.30. The van der Waals surface area contributed by atoms with E-state index >= 15 is 0 Å². The Morgan fingerprint density at radius 3 is 3.18 bits per heavy atom. The Morgan fingerprint density at radius 2 is 2.55 bits per heavy atom. The number of nitrogens with zero attached hydrogens (tertiary/aromatic N) is 3. The highest BCUT2D eigenvalue weighted by Crippen LogP contribution is 2.22. The molecular weight excluding hydrogens is 158 g/mol. The maximum Gasteiger partial charge on any atom is 0.187 e. The van der Waals surface area contributed by atoms with Gasteiger partial charge in [-0.2, -0.15) is 5.10 Å². The fourth-order valence-corrected chi connectivity index (χ4v) is 1.78. The molecule has 0 aromatic carbocycles. The summed E-state index contributed by atoms with van der Waals surface area (Å²) in [6, 6.07) is 0. The summed E-state index contributed by atoms with van der Waals surface area (Å²) < 4.78 is 0. The molecule has 2 aliphatic heterocycles. The fourth-order valence-electron chi connectivity index (χ4n) is 1.03. The van der Waals surface area contributed by atoms with E-state index in [1.807, 2.05) is 28.9 Å². The van der Waals surface area contributed by atoms with E-state index in [-0.39, 0.29) is 5.50 Å². The zero-order valence-electron chi connectivity index (χ0n) is 6.05. The molecule has 11 heavy (non-hydrogen) atoms. The molecule has 0 radical (unpaired) electrons. The van der Waals surface area contributed by atoms with E-state index in [2.05, 4.69) is 10.1 Å². The maximum atomic E-state index is 4.27. The monoisotopic (exact) mass is 167 g/mol. The van der Waals surface area contributed by atoms with Crippen LogP contribution < -0.4 is 0 Å². The van der Waals surface area contributed by atoms with E-state index in [9.17, 15) is 0 Å². The Morgan fingerprint density at radius 1 is 1.55 bits per heavy atom. The van der Waals surface area contributed by atoms with Crippen LogP contribution in [-0.4, -0.2) is 29.5 Å². The van der Waals surface area contributed by atoms with Crippen molar-refractivity contribution in [1.82, 2.24) is 5.01 Å². The van der Waals surface area contributed by atoms with Crippen LogP contribution in [0.25, 0.3) is 0 Å². The van der Waals surface area contributed by atoms with E-state index in [1.165, 1.54) is 0 Å². The Hall–Kier alpha value is -0.770. The van der Waals surface area contributed by atoms with Crippen LogP contribution in [0.15, 0.2) is 21.6 Å². The molecule has 1 atom stereocenters. The summed E-state index contributed by atoms with van der Waals surface area (Å²) in [5, 5.41) is 8.25. The van der Waals surface area contributed by atoms with Gasteiger partial charge < -0.3 is 0 Å². The lowest BCUT2D eigenvalue weighted by molar-refractivity contribution is 0.305. The van der Waals surface area contributed by atoms with Gasteiger partial charge in [0.1, 0.15) is 0 Å². The molecule has 0 saturated heterocycles. The van der Waals surface area contributed by atoms with E-state index in [4.69, 9.17) is 0 Å². The minimum atomic E-state index is 0.179. The van der Waals surface area contributed by atoms with Crippen LogP contribution in [0, 0.1) is 0 Å². The van der Waals surface area contributed by atoms with Crippen LogP contribution in [0.5, 0.6) is 0 Å². The second kappa shape index (κ2) is 3.09. The van der Waals surface area contributed by atoms with E-state index < -0.39 is 0 Å². The largest absolute Gasteiger partial charge is 0.263 e. The summed E-state index contributed by atoms with van der Waals surface area (Å²) >= 11 is 1.69. The van der Waals surface area contributed by atoms with Crippen molar-refractivity contribution < 1.29 is 0 Å². The van der Waals surface area contributed by atoms with E-state index in [1.54, 1.807) is 11.8 Å². The molecule has 0 aromatic rings. The van der Waals surface area contributed by atoms with Crippen molar-refractivity contribution in [3.63, 3.8) is 0 Å². The molecule has 1 unspecified atom stereocenters. The molecule has 2 rings (SSSR count). The topological polar surface area (TPSA) is 28.0 Å². The van der Waals surface area contributed by atoms with Crippen LogP contribution >= 0.6 is 11.8 Å². The predicted molar refractivity (Wildman–Crippen MR) is 48.8 cm³/mol. The number of allylic oxidation sites excluding steroid dienone is 1. The first kappa shape index (κ1) is 6.91. The van der Waals surface area contributed by atoms with Gasteiger partial charge in [-0.05, 0) is 11.5 Å². The van der Waals surface area contributed by atoms with Gasteiger partial charge >= 0.3 is 0 Å². The molecular formula is C7H9N3S. The molecule has 0 bridgehead atoms. The maximum absolute atomic E-state index is 4.27. The molecule has 0 aliphatic carbocycles. The predicted octanol–water partition coefficient (Wildman–Crippen LogP) is 1.29. The summed E-state index contributed by atoms with van der Waals surface area (Å²) in [5.41, 5.74) is 0.179. The van der Waals surface area contributed by atoms with Crippen molar-refractivity contribution in [2.45, 2.75) is 11.9 Å². The minimum Gasteiger partial charge on any atom is -0.263 e. The third-order valence-electron chi connectivity index (χ3n) is 1.55. The number of rotatable bonds is 1. The standard InChI is InChI=1S/C7H9N3S/c1-4-9-10(5-1)7-8-3-2-6-11-7/h2-4,6-7H,1,5H2. The van der Waals surface area contributed by atoms with Crippen LogP contribution in [0.3, 0.4) is 0 Å². The van der Waals surface area contributed by atoms with Gasteiger partial charge in [-0.3, -0.25) is 10.0 Å². The number of aliphatic imine (C=N–C) groups is 1. The highest BCUT2D eigenvalue weighted by atomic mass is 32.2. The van der Waals surface area contributed by atoms with Crippen molar-refractivity contribution in [3.05, 3.63) is 11.5 Å². The lowest BCUT2D eigenvalue weighted by atomic mass is 10.5. The number of hydrazone groups is 1. The van der Waals surface area contributed by atoms with Crippen LogP contribution in [0.4, 0.5) is 0 Å². The number of hydrogen-bond acceptors (Lipinski definition) is 4. The van der Waals surface area contributed by atoms with E-state index in [0.717, 1.165) is 13.0 Å². The van der Waals surface area contributed by atoms with Crippen molar-refractivity contribution in [2.24, 2.45) is 10.1 Å². The Labute approximate surface area is 69.9 Å². The van der Waals surface area contributed by atoms with Gasteiger partial charge in [0, 0.05) is 25.4 Å². The molecule has 0 fully saturated rings. The zero-order chi connectivity index (χ0) is 7.52. The summed E-state index contributed by atoms with van der Waals surface area (Å²) in [5.74, 6) is 0. The summed E-state index contributed by atoms with van der Waals surface area (Å²) in [6.07, 6.45) is 6.76. The molecule has 4 heteroatoms. The lowest BCUT2D eigenvalue weighted by Crippen LogP contribution is -2.24. The molecule has 2 aliphatic rings. The number of thioether (sulfide) groups is 1. The van der Waals surface area contributed by atoms with Crippen LogP contribution in [-0.2, 0) is 0 Å². The highest BCUT2D eigenvalue weighted by Gasteiger charge is 2.17. The second-order valence-electron chi connectivity index (χ2n) is 2.34. The first-order chi connectivity index (χ1) is 5.47. The molecule has 3 nitrogen and oxygen atoms in total. The van der Waals surface area contributed by atoms with Gasteiger partial charge in [-0.25, -0.2) is 0 Å². The molecule has 58 valence electrons. The molecule has 2 heterocycles. The molecule has 0 saturated carbocycles. The molecule has 0 N–H and O–H groups in total. The Balaban J connectivity index is 1.99. The van der Waals surface area contributed by atoms with Gasteiger partial charge in [0.2, 0.25) is 0 Å². The van der Waals surface area contributed by atoms with Crippen molar-refractivity contribution in [2.75, 3.05) is 6.54 Å². The first-order valence-corrected chi connectivity index (χ1v) is 4.54. The van der Waals surface area contributed by atoms with Crippen molar-refractivity contribution in [1.29, 1.82) is 0 Å². The third-order valence-corrected chi connectivity index (χ3v) is 2.47. The molecule has 0 aromatic heterocycles. The van der Waals surface area contributed by atoms with Gasteiger partial charge in [0.15, 0.2) is 5.50 Å². The van der Waals surface area contributed by atoms with Gasteiger partial charge in [-0.1, -0.05) is 11.8 Å². The average Bonchev–Trinajstić information content (AvgIpc) is 2.58. The zero-order valence-corrected chi connectivity index (χ0v) is 6.87. The fraction of sp³-hybridized carbons (Fsp3) is 0.429. The van der Waals surface area contributed by atoms with Crippen molar-refractivity contribution in [3.8, 4) is 0 Å². The Bertz CT molecular complexity index is 222. The lowest BCUT2D eigenvalue weighted by Gasteiger charge is -2.21. The minimum absolute atomic E-state index is 0.179. The highest BCUT2D eigenvalue weighted by molar-refractivity contribution is 8.02. The van der Waals surface area contributed by atoms with Crippen LogP contribution in [0.2, 0.25) is 0 Å². The first-order valence-electron chi connectivity index (χ1n) is 3.60. The molecule has 0 spiro atoms. The van der Waals surface area contributed by atoms with Gasteiger partial charge in [0.25, 0.3) is 0 Å². The summed E-state index contributed by atoms with van der Waals surface area (Å²) in [7, 11) is 0. The molecule has 0 amide bonds. The smallest absolute Gasteiger partial charge is 0.187 e. The third kappa shape index (κ3) is 1.45. The normalized spacial score (nSPS) is 28.4. The summed E-state index contributed by atoms with van der Waals surface area (Å²) in [4.78, 5) is 4.27. The average molecular weight is 167 g/mol. The van der Waals surface area contributed by atoms with E-state index in [0.29, 0.717) is 0 Å². The van der Waals surface area contributed by atoms with Gasteiger partial charge in [-0.15, -0.1) is 0 Å². The summed E-state index contributed by atoms with van der Waals surface area (Å²) in [6.45, 7) is 1.00. The Kier molecular flexibility index (Phi) is 1.94. The quantitative estimate of drug-likeness (QED) is 0.588.